The van der Waals surface area contributed by atoms with Crippen LogP contribution < -0.4 is 0 Å². The summed E-state index contributed by atoms with van der Waals surface area (Å²) < 4.78 is 23.0. The van der Waals surface area contributed by atoms with Crippen molar-refractivity contribution >= 4 is 17.9 Å². The molecule has 103 heavy (non-hydrogen) atoms. The van der Waals surface area contributed by atoms with Crippen molar-refractivity contribution < 1.29 is 42.9 Å². The molecule has 0 radical (unpaired) electrons. The van der Waals surface area contributed by atoms with Crippen molar-refractivity contribution in [2.24, 2.45) is 0 Å². The standard InChI is InChI=1S/C94H157NO8/c1-6-8-10-12-14-16-18-20-22-24-26-28-30-32-34-36-38-40-42-44-46-48-50-52-54-56-58-60-62-64-66-68-70-72-74-76-78-80-82-84-91(96)101-88-90(89-102-94(93(98)99)100-87-86-95(3,4)5)103-92(97)85-83-81-79-77-75-73-71-69-67-65-63-61-59-57-55-53-51-49-47-45-43-41-39-37-35-33-31-29-27-25-23-21-19-17-15-13-11-9-7-2/h9,11,15,17-18,20-21,23-24,26-27,29,33,35,39,41,45,47,51,53,57,59,63,65,69,71,75,77,90,94H,6-8,10,12-14,16,19,22,25,28,30-32,34,36-38,40,42-44,46,48-50,52,54-56,58,60-62,64,66-68,70,72-74,76,78-89H2,1-5H3/p+1/b11-9-,17-15-,20-18-,23-21-,26-24-,29-27-,35-33-,41-39-,47-45-,53-51-,59-57-,65-63-,71-69-,77-75-. The zero-order valence-corrected chi connectivity index (χ0v) is 67.2. The number of allylic oxidation sites excluding steroid dienone is 28. The molecule has 2 atom stereocenters. The van der Waals surface area contributed by atoms with Gasteiger partial charge in [-0.05, 0) is 135 Å². The molecule has 2 unspecified atom stereocenters. The van der Waals surface area contributed by atoms with Gasteiger partial charge in [0.2, 0.25) is 0 Å². The SMILES string of the molecule is CC/C=C\C/C=C\C/C=C\C/C=C\C/C=C\C/C=C\C/C=C\C/C=C\C/C=C\C/C=C\C/C=C\C/C=C\CCCCC(=O)OC(COC(=O)CCCCCCCCCCCCCCCCCCCCCCCCCCCCC/C=C\C/C=C\CCCCCCC)COC(OCC[N+](C)(C)C)C(=O)O. The molecule has 0 bridgehead atoms. The van der Waals surface area contributed by atoms with E-state index in [1.807, 2.05) is 21.1 Å². The normalized spacial score (nSPS) is 13.5. The summed E-state index contributed by atoms with van der Waals surface area (Å²) in [5.41, 5.74) is 0. The fourth-order valence-corrected chi connectivity index (χ4v) is 11.6. The number of ether oxygens (including phenoxy) is 4. The molecule has 0 aromatic heterocycles. The highest BCUT2D eigenvalue weighted by atomic mass is 16.7. The number of carbonyl (C=O) groups is 3. The van der Waals surface area contributed by atoms with Gasteiger partial charge in [0.1, 0.15) is 13.2 Å². The third-order valence-electron chi connectivity index (χ3n) is 18.0. The number of likely N-dealkylation sites (N-methyl/N-ethyl adjacent to an activating group) is 1. The minimum atomic E-state index is -1.53. The number of quaternary nitrogens is 1. The quantitative estimate of drug-likeness (QED) is 0.0211. The molecule has 0 aromatic rings. The summed E-state index contributed by atoms with van der Waals surface area (Å²) in [4.78, 5) is 37.7. The van der Waals surface area contributed by atoms with E-state index < -0.39 is 24.3 Å². The molecule has 0 fully saturated rings. The Bertz CT molecular complexity index is 2310. The van der Waals surface area contributed by atoms with Crippen molar-refractivity contribution in [1.29, 1.82) is 0 Å². The lowest BCUT2D eigenvalue weighted by Crippen LogP contribution is -2.40. The van der Waals surface area contributed by atoms with E-state index in [9.17, 15) is 19.5 Å². The molecular formula is C94H158NO8+. The van der Waals surface area contributed by atoms with Crippen LogP contribution in [0, 0.1) is 0 Å². The third kappa shape index (κ3) is 83.8. The number of carboxylic acid groups (broad SMARTS) is 1. The van der Waals surface area contributed by atoms with Gasteiger partial charge in [-0.15, -0.1) is 0 Å². The Morgan fingerprint density at radius 1 is 0.301 bits per heavy atom. The molecule has 0 aliphatic rings. The maximum absolute atomic E-state index is 13.0. The highest BCUT2D eigenvalue weighted by molar-refractivity contribution is 5.71. The van der Waals surface area contributed by atoms with Crippen molar-refractivity contribution in [1.82, 2.24) is 0 Å². The van der Waals surface area contributed by atoms with Crippen LogP contribution in [0.3, 0.4) is 0 Å². The first-order chi connectivity index (χ1) is 50.6. The lowest BCUT2D eigenvalue weighted by Gasteiger charge is -2.25. The number of carboxylic acids is 1. The van der Waals surface area contributed by atoms with Gasteiger partial charge in [0, 0.05) is 12.8 Å². The van der Waals surface area contributed by atoms with Crippen LogP contribution in [0.1, 0.15) is 348 Å². The van der Waals surface area contributed by atoms with Crippen molar-refractivity contribution in [3.8, 4) is 0 Å². The Morgan fingerprint density at radius 3 is 0.845 bits per heavy atom. The lowest BCUT2D eigenvalue weighted by molar-refractivity contribution is -0.870. The van der Waals surface area contributed by atoms with E-state index in [2.05, 4.69) is 184 Å². The van der Waals surface area contributed by atoms with Gasteiger partial charge in [-0.2, -0.15) is 0 Å². The van der Waals surface area contributed by atoms with Gasteiger partial charge >= 0.3 is 17.9 Å². The van der Waals surface area contributed by atoms with E-state index in [1.54, 1.807) is 0 Å². The number of carbonyl (C=O) groups excluding carboxylic acids is 2. The summed E-state index contributed by atoms with van der Waals surface area (Å²) in [5.74, 6) is -2.07. The highest BCUT2D eigenvalue weighted by Gasteiger charge is 2.25. The fourth-order valence-electron chi connectivity index (χ4n) is 11.6. The average Bonchev–Trinajstić information content (AvgIpc) is 0.985. The summed E-state index contributed by atoms with van der Waals surface area (Å²) in [5, 5.41) is 9.78. The number of hydrogen-bond acceptors (Lipinski definition) is 7. The predicted molar refractivity (Wildman–Crippen MR) is 446 cm³/mol. The first kappa shape index (κ1) is 97.7. The van der Waals surface area contributed by atoms with Crippen molar-refractivity contribution in [2.45, 2.75) is 360 Å². The predicted octanol–water partition coefficient (Wildman–Crippen LogP) is 27.7. The van der Waals surface area contributed by atoms with Crippen LogP contribution in [0.25, 0.3) is 0 Å². The minimum Gasteiger partial charge on any atom is -0.477 e. The molecule has 586 valence electrons. The van der Waals surface area contributed by atoms with Crippen LogP contribution in [-0.2, 0) is 33.3 Å². The van der Waals surface area contributed by atoms with Gasteiger partial charge in [-0.1, -0.05) is 370 Å². The molecule has 0 heterocycles. The molecule has 0 aliphatic heterocycles. The maximum Gasteiger partial charge on any atom is 0.361 e. The summed E-state index contributed by atoms with van der Waals surface area (Å²) in [7, 11) is 5.96. The van der Waals surface area contributed by atoms with E-state index in [0.717, 1.165) is 116 Å². The van der Waals surface area contributed by atoms with Crippen LogP contribution in [0.2, 0.25) is 0 Å². The van der Waals surface area contributed by atoms with Crippen molar-refractivity contribution in [3.63, 3.8) is 0 Å². The van der Waals surface area contributed by atoms with Gasteiger partial charge < -0.3 is 28.5 Å². The Kier molecular flexibility index (Phi) is 78.0. The summed E-state index contributed by atoms with van der Waals surface area (Å²) in [6.45, 7) is 4.72. The molecule has 0 saturated heterocycles. The summed E-state index contributed by atoms with van der Waals surface area (Å²) in [6, 6.07) is 0. The molecule has 0 spiro atoms. The number of nitrogens with zero attached hydrogens (tertiary/aromatic N) is 1. The van der Waals surface area contributed by atoms with Crippen LogP contribution in [-0.4, -0.2) is 87.4 Å². The second kappa shape index (κ2) is 82.3. The van der Waals surface area contributed by atoms with E-state index in [1.165, 1.54) is 199 Å². The number of aliphatic carboxylic acids is 1. The fraction of sp³-hybridized carbons (Fsp3) is 0.670. The van der Waals surface area contributed by atoms with Crippen molar-refractivity contribution in [2.75, 3.05) is 47.5 Å². The van der Waals surface area contributed by atoms with E-state index in [4.69, 9.17) is 18.9 Å². The first-order valence-electron chi connectivity index (χ1n) is 42.3. The van der Waals surface area contributed by atoms with Gasteiger partial charge in [-0.25, -0.2) is 4.79 Å². The lowest BCUT2D eigenvalue weighted by atomic mass is 10.0. The van der Waals surface area contributed by atoms with Gasteiger partial charge in [-0.3, -0.25) is 9.59 Å². The molecular weight excluding hydrogens is 1270 g/mol. The molecule has 0 amide bonds. The van der Waals surface area contributed by atoms with Gasteiger partial charge in [0.15, 0.2) is 6.10 Å². The number of hydrogen-bond donors (Lipinski definition) is 1. The Hall–Kier alpha value is -5.35. The van der Waals surface area contributed by atoms with Crippen LogP contribution in [0.4, 0.5) is 0 Å². The van der Waals surface area contributed by atoms with Gasteiger partial charge in [0.25, 0.3) is 6.29 Å². The second-order valence-electron chi connectivity index (χ2n) is 29.1. The Morgan fingerprint density at radius 2 is 0.553 bits per heavy atom. The molecule has 1 N–H and O–H groups in total. The largest absolute Gasteiger partial charge is 0.477 e. The summed E-state index contributed by atoms with van der Waals surface area (Å²) in [6.07, 6.45) is 121. The van der Waals surface area contributed by atoms with Crippen LogP contribution in [0.15, 0.2) is 170 Å². The molecule has 0 rings (SSSR count). The summed E-state index contributed by atoms with van der Waals surface area (Å²) >= 11 is 0. The van der Waals surface area contributed by atoms with Crippen LogP contribution >= 0.6 is 0 Å². The number of unbranched alkanes of at least 4 members (excludes halogenated alkanes) is 34. The molecule has 0 aliphatic carbocycles. The molecule has 9 heteroatoms. The maximum atomic E-state index is 13.0. The topological polar surface area (TPSA) is 108 Å². The van der Waals surface area contributed by atoms with Crippen molar-refractivity contribution in [3.05, 3.63) is 170 Å². The smallest absolute Gasteiger partial charge is 0.361 e. The van der Waals surface area contributed by atoms with Gasteiger partial charge in [0.05, 0.1) is 34.4 Å². The zero-order valence-electron chi connectivity index (χ0n) is 67.2. The molecule has 0 saturated carbocycles. The molecule has 9 nitrogen and oxygen atoms in total. The zero-order chi connectivity index (χ0) is 74.6. The first-order valence-corrected chi connectivity index (χ1v) is 42.3. The number of rotatable bonds is 77. The Balaban J connectivity index is 4.11. The van der Waals surface area contributed by atoms with Crippen LogP contribution in [0.5, 0.6) is 0 Å². The Labute approximate surface area is 635 Å². The van der Waals surface area contributed by atoms with E-state index in [0.29, 0.717) is 17.4 Å². The third-order valence-corrected chi connectivity index (χ3v) is 18.0. The second-order valence-corrected chi connectivity index (χ2v) is 29.1. The monoisotopic (exact) mass is 1430 g/mol. The van der Waals surface area contributed by atoms with E-state index >= 15 is 0 Å². The number of esters is 2. The highest BCUT2D eigenvalue weighted by Crippen LogP contribution is 2.18. The average molecular weight is 1430 g/mol. The minimum absolute atomic E-state index is 0.172. The van der Waals surface area contributed by atoms with E-state index in [-0.39, 0.29) is 38.6 Å². The molecule has 0 aromatic carbocycles.